The number of hydrogen-bond acceptors (Lipinski definition) is 0. The molecule has 0 heterocycles. The fourth-order valence-electron chi connectivity index (χ4n) is 0. The van der Waals surface area contributed by atoms with Gasteiger partial charge in [0.05, 0.1) is 0 Å². The van der Waals surface area contributed by atoms with Crippen molar-refractivity contribution in [3.05, 3.63) is 0 Å². The van der Waals surface area contributed by atoms with Crippen molar-refractivity contribution < 1.29 is 44.8 Å². The Morgan fingerprint density at radius 3 is 0.222 bits per heavy atom. The van der Waals surface area contributed by atoms with Gasteiger partial charge in [-0.05, 0) is 0 Å². The molecule has 0 aliphatic carbocycles. The van der Waals surface area contributed by atoms with Crippen molar-refractivity contribution in [1.82, 2.24) is 0 Å². The average molecular weight is 903 g/mol. The predicted molar refractivity (Wildman–Crippen MR) is 69.6 cm³/mol. The van der Waals surface area contributed by atoms with Crippen LogP contribution in [0.1, 0.15) is 0 Å². The summed E-state index contributed by atoms with van der Waals surface area (Å²) < 4.78 is 0. The van der Waals surface area contributed by atoms with Crippen molar-refractivity contribution in [3.8, 4) is 0 Å². The normalized spacial score (nSPS) is 0. The molecule has 0 bridgehead atoms. The van der Waals surface area contributed by atoms with Gasteiger partial charge in [-0.15, -0.1) is 0 Å². The van der Waals surface area contributed by atoms with Crippen molar-refractivity contribution in [2.75, 3.05) is 0 Å². The van der Waals surface area contributed by atoms with Crippen molar-refractivity contribution in [1.29, 1.82) is 0 Å². The maximum absolute atomic E-state index is 0. The second-order valence-corrected chi connectivity index (χ2v) is 0. The first kappa shape index (κ1) is 82.3. The zero-order valence-corrected chi connectivity index (χ0v) is 4.94. The molecule has 0 saturated carbocycles. The van der Waals surface area contributed by atoms with Gasteiger partial charge in [0.25, 0.3) is 0 Å². The van der Waals surface area contributed by atoms with Gasteiger partial charge < -0.3 is 0 Å². The van der Waals surface area contributed by atoms with Crippen LogP contribution in [0.3, 0.4) is 0 Å². The predicted octanol–water partition coefficient (Wildman–Crippen LogP) is -8.29. The molecule has 0 atom stereocenters. The quantitative estimate of drug-likeness (QED) is 0.213. The van der Waals surface area contributed by atoms with E-state index >= 15 is 0 Å². The summed E-state index contributed by atoms with van der Waals surface area (Å²) in [7, 11) is 0. The summed E-state index contributed by atoms with van der Waals surface area (Å²) in [6, 6.07) is 0. The molecule has 0 unspecified atom stereocenters. The van der Waals surface area contributed by atoms with Gasteiger partial charge in [-0.25, -0.2) is 0 Å². The molecule has 0 saturated heterocycles. The Kier molecular flexibility index (Phi) is 606. The minimum atomic E-state index is 0. The molecule has 9 heteroatoms. The third kappa shape index (κ3) is 56.4. The van der Waals surface area contributed by atoms with Crippen LogP contribution in [-0.4, -0.2) is 139 Å². The third-order valence-electron chi connectivity index (χ3n) is 0. The molecule has 0 aliphatic heterocycles. The van der Waals surface area contributed by atoms with Gasteiger partial charge in [0.2, 0.25) is 0 Å². The first-order valence-corrected chi connectivity index (χ1v) is 0. The van der Waals surface area contributed by atoms with Crippen LogP contribution in [0.15, 0.2) is 0 Å². The molecule has 0 aromatic carbocycles. The van der Waals surface area contributed by atoms with Gasteiger partial charge in [-0.1, -0.05) is 0 Å². The van der Waals surface area contributed by atoms with E-state index in [1.54, 1.807) is 0 Å². The Morgan fingerprint density at radius 2 is 0.222 bits per heavy atom. The van der Waals surface area contributed by atoms with E-state index < -0.39 is 0 Å². The third-order valence-corrected chi connectivity index (χ3v) is 0. The molecule has 64 valence electrons. The maximum atomic E-state index is 0. The first-order chi connectivity index (χ1) is 0. The van der Waals surface area contributed by atoms with Crippen LogP contribution in [0.5, 0.6) is 0 Å². The standard InChI is InChI=1S/2Au.7Ga.21H. The SMILES string of the molecule is [Au].[Au].[GaH3].[GaH3].[GaH3].[GaH3].[GaH3].[GaH3].[GaH3]. The number of hydrogen-bond donors (Lipinski definition) is 0. The molecular weight excluding hydrogens is 882 g/mol. The van der Waals surface area contributed by atoms with Crippen LogP contribution < -0.4 is 0 Å². The van der Waals surface area contributed by atoms with E-state index in [1.807, 2.05) is 0 Å². The summed E-state index contributed by atoms with van der Waals surface area (Å²) in [5.74, 6) is 0. The van der Waals surface area contributed by atoms with E-state index in [-0.39, 0.29) is 183 Å². The summed E-state index contributed by atoms with van der Waals surface area (Å²) in [5.41, 5.74) is 0. The van der Waals surface area contributed by atoms with Crippen LogP contribution in [-0.2, 0) is 44.8 Å². The average Bonchev–Trinajstić information content (AvgIpc) is 0. The molecular formula is H21Au2Ga7. The Bertz CT molecular complexity index is 6.88. The van der Waals surface area contributed by atoms with Crippen LogP contribution in [0.25, 0.3) is 0 Å². The van der Waals surface area contributed by atoms with E-state index in [2.05, 4.69) is 0 Å². The monoisotopic (exact) mass is 898 g/mol. The van der Waals surface area contributed by atoms with E-state index in [0.717, 1.165) is 0 Å². The van der Waals surface area contributed by atoms with E-state index in [4.69, 9.17) is 0 Å². The minimum absolute atomic E-state index is 0. The summed E-state index contributed by atoms with van der Waals surface area (Å²) in [4.78, 5) is 0. The molecule has 0 aliphatic rings. The second kappa shape index (κ2) is 66.2. The summed E-state index contributed by atoms with van der Waals surface area (Å²) in [6.07, 6.45) is 0. The van der Waals surface area contributed by atoms with Gasteiger partial charge in [0.1, 0.15) is 0 Å². The molecule has 0 aromatic rings. The molecule has 2 radical (unpaired) electrons. The zero-order chi connectivity index (χ0) is 0. The second-order valence-electron chi connectivity index (χ2n) is 0. The van der Waals surface area contributed by atoms with E-state index in [9.17, 15) is 0 Å². The van der Waals surface area contributed by atoms with Crippen LogP contribution in [0, 0.1) is 0 Å². The Labute approximate surface area is 179 Å². The van der Waals surface area contributed by atoms with Crippen molar-refractivity contribution in [2.45, 2.75) is 0 Å². The van der Waals surface area contributed by atoms with Gasteiger partial charge in [-0.3, -0.25) is 0 Å². The van der Waals surface area contributed by atoms with E-state index in [1.165, 1.54) is 0 Å². The van der Waals surface area contributed by atoms with Gasteiger partial charge in [-0.2, -0.15) is 0 Å². The Morgan fingerprint density at radius 1 is 0.222 bits per heavy atom. The molecule has 0 nitrogen and oxygen atoms in total. The van der Waals surface area contributed by atoms with Gasteiger partial charge in [0.15, 0.2) is 0 Å². The van der Waals surface area contributed by atoms with Gasteiger partial charge >= 0.3 is 139 Å². The summed E-state index contributed by atoms with van der Waals surface area (Å²) in [6.45, 7) is 0. The molecule has 9 heavy (non-hydrogen) atoms. The molecule has 0 fully saturated rings. The zero-order valence-electron chi connectivity index (χ0n) is 0.603. The van der Waals surface area contributed by atoms with Crippen LogP contribution in [0.2, 0.25) is 0 Å². The van der Waals surface area contributed by atoms with Gasteiger partial charge in [0, 0.05) is 44.8 Å². The Hall–Kier alpha value is 5.94. The molecule has 0 spiro atoms. The Balaban J connectivity index is 0. The van der Waals surface area contributed by atoms with Crippen molar-refractivity contribution in [3.63, 3.8) is 0 Å². The first-order valence-electron chi connectivity index (χ1n) is 0. The molecule has 0 aromatic heterocycles. The van der Waals surface area contributed by atoms with Crippen LogP contribution in [0.4, 0.5) is 0 Å². The van der Waals surface area contributed by atoms with Crippen molar-refractivity contribution >= 4 is 139 Å². The fraction of sp³-hybridized carbons (Fsp3) is 0. The molecule has 0 rings (SSSR count). The van der Waals surface area contributed by atoms with Crippen molar-refractivity contribution in [2.24, 2.45) is 0 Å². The molecule has 0 N–H and O–H groups in total. The van der Waals surface area contributed by atoms with Crippen LogP contribution >= 0.6 is 0 Å². The number of rotatable bonds is 0. The fourth-order valence-corrected chi connectivity index (χ4v) is 0. The summed E-state index contributed by atoms with van der Waals surface area (Å²) in [5, 5.41) is 0. The summed E-state index contributed by atoms with van der Waals surface area (Å²) >= 11 is 0. The molecule has 0 amide bonds. The van der Waals surface area contributed by atoms with E-state index in [0.29, 0.717) is 0 Å². The topological polar surface area (TPSA) is 0 Å².